The zero-order valence-electron chi connectivity index (χ0n) is 11.6. The molecule has 2 N–H and O–H groups in total. The van der Waals surface area contributed by atoms with Crippen LogP contribution in [0.15, 0.2) is 12.4 Å². The van der Waals surface area contributed by atoms with E-state index in [1.54, 1.807) is 10.9 Å². The van der Waals surface area contributed by atoms with Gasteiger partial charge in [0, 0.05) is 19.2 Å². The van der Waals surface area contributed by atoms with Gasteiger partial charge in [-0.15, -0.1) is 0 Å². The number of nitrogens with zero attached hydrogens (tertiary/aromatic N) is 2. The zero-order valence-corrected chi connectivity index (χ0v) is 12.4. The summed E-state index contributed by atoms with van der Waals surface area (Å²) >= 11 is 0. The lowest BCUT2D eigenvalue weighted by Gasteiger charge is -2.08. The summed E-state index contributed by atoms with van der Waals surface area (Å²) in [5.41, 5.74) is 0.378. The van der Waals surface area contributed by atoms with Crippen molar-refractivity contribution in [2.45, 2.75) is 38.3 Å². The Hall–Kier alpha value is -1.61. The van der Waals surface area contributed by atoms with Gasteiger partial charge < -0.3 is 9.84 Å². The van der Waals surface area contributed by atoms with E-state index in [0.717, 1.165) is 19.4 Å². The summed E-state index contributed by atoms with van der Waals surface area (Å²) in [6.45, 7) is 1.36. The number of aromatic nitrogens is 2. The smallest absolute Gasteiger partial charge is 0.303 e. The second-order valence-corrected chi connectivity index (χ2v) is 6.85. The van der Waals surface area contributed by atoms with Crippen LogP contribution in [0.5, 0.6) is 0 Å². The number of hydrogen-bond donors (Lipinski definition) is 2. The first-order chi connectivity index (χ1) is 9.94. The van der Waals surface area contributed by atoms with E-state index in [9.17, 15) is 13.2 Å². The lowest BCUT2D eigenvalue weighted by Crippen LogP contribution is -2.17. The highest BCUT2D eigenvalue weighted by molar-refractivity contribution is 7.92. The molecule has 1 fully saturated rings. The average molecular weight is 317 g/mol. The van der Waals surface area contributed by atoms with Crippen LogP contribution in [0.3, 0.4) is 0 Å². The van der Waals surface area contributed by atoms with Crippen molar-refractivity contribution >= 4 is 21.7 Å². The molecule has 0 bridgehead atoms. The zero-order chi connectivity index (χ0) is 15.3. The molecule has 9 heteroatoms. The van der Waals surface area contributed by atoms with Crippen LogP contribution < -0.4 is 4.72 Å². The van der Waals surface area contributed by atoms with Crippen LogP contribution in [0.2, 0.25) is 0 Å². The van der Waals surface area contributed by atoms with Crippen molar-refractivity contribution in [3.63, 3.8) is 0 Å². The largest absolute Gasteiger partial charge is 0.481 e. The molecule has 0 amide bonds. The highest BCUT2D eigenvalue weighted by atomic mass is 32.2. The number of ether oxygens (including phenoxy) is 1. The molecule has 1 aromatic rings. The van der Waals surface area contributed by atoms with Crippen LogP contribution in [0.4, 0.5) is 5.69 Å². The first kappa shape index (κ1) is 15.8. The van der Waals surface area contributed by atoms with Crippen LogP contribution in [-0.4, -0.2) is 47.7 Å². The number of carbonyl (C=O) groups is 1. The number of anilines is 1. The molecule has 21 heavy (non-hydrogen) atoms. The Morgan fingerprint density at radius 2 is 2.38 bits per heavy atom. The van der Waals surface area contributed by atoms with Crippen molar-refractivity contribution in [1.82, 2.24) is 9.78 Å². The van der Waals surface area contributed by atoms with Crippen molar-refractivity contribution in [1.29, 1.82) is 0 Å². The standard InChI is InChI=1S/C12H19N3O5S/c16-12(17)4-2-6-21(18,19)14-10-7-13-15(8-10)9-11-3-1-5-20-11/h7-8,11,14H,1-6,9H2,(H,16,17). The molecule has 1 unspecified atom stereocenters. The summed E-state index contributed by atoms with van der Waals surface area (Å²) in [5.74, 6) is -1.23. The van der Waals surface area contributed by atoms with Crippen LogP contribution in [0, 0.1) is 0 Å². The van der Waals surface area contributed by atoms with E-state index in [-0.39, 0.29) is 24.7 Å². The number of carboxylic acid groups (broad SMARTS) is 1. The lowest BCUT2D eigenvalue weighted by atomic mass is 10.2. The van der Waals surface area contributed by atoms with Gasteiger partial charge in [-0.25, -0.2) is 8.42 Å². The predicted molar refractivity (Wildman–Crippen MR) is 75.5 cm³/mol. The summed E-state index contributed by atoms with van der Waals surface area (Å²) in [4.78, 5) is 10.4. The van der Waals surface area contributed by atoms with Crippen molar-refractivity contribution in [2.24, 2.45) is 0 Å². The van der Waals surface area contributed by atoms with E-state index >= 15 is 0 Å². The fourth-order valence-electron chi connectivity index (χ4n) is 2.16. The van der Waals surface area contributed by atoms with Gasteiger partial charge in [0.15, 0.2) is 0 Å². The summed E-state index contributed by atoms with van der Waals surface area (Å²) in [7, 11) is -3.54. The Morgan fingerprint density at radius 3 is 3.05 bits per heavy atom. The Balaban J connectivity index is 1.84. The van der Waals surface area contributed by atoms with Crippen molar-refractivity contribution in [3.8, 4) is 0 Å². The van der Waals surface area contributed by atoms with E-state index in [2.05, 4.69) is 9.82 Å². The molecule has 0 spiro atoms. The first-order valence-corrected chi connectivity index (χ1v) is 8.46. The maximum absolute atomic E-state index is 11.8. The van der Waals surface area contributed by atoms with E-state index in [0.29, 0.717) is 12.2 Å². The van der Waals surface area contributed by atoms with Crippen molar-refractivity contribution in [2.75, 3.05) is 17.1 Å². The van der Waals surface area contributed by atoms with Crippen LogP contribution >= 0.6 is 0 Å². The number of sulfonamides is 1. The Morgan fingerprint density at radius 1 is 1.57 bits per heavy atom. The molecular weight excluding hydrogens is 298 g/mol. The molecule has 1 aromatic heterocycles. The summed E-state index contributed by atoms with van der Waals surface area (Å²) < 4.78 is 33.1. The highest BCUT2D eigenvalue weighted by Gasteiger charge is 2.17. The summed E-state index contributed by atoms with van der Waals surface area (Å²) in [5, 5.41) is 12.6. The van der Waals surface area contributed by atoms with Gasteiger partial charge >= 0.3 is 5.97 Å². The van der Waals surface area contributed by atoms with E-state index < -0.39 is 16.0 Å². The molecule has 2 rings (SSSR count). The van der Waals surface area contributed by atoms with Crippen LogP contribution in [-0.2, 0) is 26.1 Å². The van der Waals surface area contributed by atoms with E-state index in [4.69, 9.17) is 9.84 Å². The Kier molecular flexibility index (Phi) is 5.18. The third-order valence-electron chi connectivity index (χ3n) is 3.12. The topological polar surface area (TPSA) is 111 Å². The second kappa shape index (κ2) is 6.90. The van der Waals surface area contributed by atoms with Gasteiger partial charge in [-0.1, -0.05) is 0 Å². The number of aliphatic carboxylic acids is 1. The van der Waals surface area contributed by atoms with Gasteiger partial charge in [0.05, 0.1) is 30.3 Å². The SMILES string of the molecule is O=C(O)CCCS(=O)(=O)Nc1cnn(CC2CCCO2)c1. The molecule has 1 saturated heterocycles. The van der Waals surface area contributed by atoms with Gasteiger partial charge in [0.1, 0.15) is 0 Å². The molecule has 1 aliphatic heterocycles. The minimum Gasteiger partial charge on any atom is -0.481 e. The lowest BCUT2D eigenvalue weighted by molar-refractivity contribution is -0.137. The van der Waals surface area contributed by atoms with E-state index in [1.165, 1.54) is 6.20 Å². The third kappa shape index (κ3) is 5.35. The van der Waals surface area contributed by atoms with Gasteiger partial charge in [0.25, 0.3) is 0 Å². The van der Waals surface area contributed by atoms with Crippen molar-refractivity contribution in [3.05, 3.63) is 12.4 Å². The third-order valence-corrected chi connectivity index (χ3v) is 4.50. The number of hydrogen-bond acceptors (Lipinski definition) is 5. The molecule has 0 aliphatic carbocycles. The van der Waals surface area contributed by atoms with E-state index in [1.807, 2.05) is 0 Å². The highest BCUT2D eigenvalue weighted by Crippen LogP contribution is 2.15. The molecule has 1 atom stereocenters. The van der Waals surface area contributed by atoms with Gasteiger partial charge in [-0.05, 0) is 19.3 Å². The number of rotatable bonds is 8. The molecule has 0 aromatic carbocycles. The molecular formula is C12H19N3O5S. The Labute approximate surface area is 123 Å². The molecule has 118 valence electrons. The summed E-state index contributed by atoms with van der Waals surface area (Å²) in [6, 6.07) is 0. The van der Waals surface area contributed by atoms with Crippen LogP contribution in [0.1, 0.15) is 25.7 Å². The minimum absolute atomic E-state index is 0.0781. The molecule has 0 radical (unpaired) electrons. The second-order valence-electron chi connectivity index (χ2n) is 5.00. The van der Waals surface area contributed by atoms with Gasteiger partial charge in [-0.2, -0.15) is 5.10 Å². The Bertz CT molecular complexity index is 577. The minimum atomic E-state index is -3.54. The quantitative estimate of drug-likeness (QED) is 0.729. The summed E-state index contributed by atoms with van der Waals surface area (Å²) in [6.07, 6.45) is 5.10. The van der Waals surface area contributed by atoms with Crippen molar-refractivity contribution < 1.29 is 23.1 Å². The average Bonchev–Trinajstić information content (AvgIpc) is 3.00. The van der Waals surface area contributed by atoms with Gasteiger partial charge in [0.2, 0.25) is 10.0 Å². The number of carboxylic acids is 1. The fourth-order valence-corrected chi connectivity index (χ4v) is 3.25. The normalized spacial score (nSPS) is 18.8. The predicted octanol–water partition coefficient (Wildman–Crippen LogP) is 0.669. The monoisotopic (exact) mass is 317 g/mol. The maximum Gasteiger partial charge on any atom is 0.303 e. The molecule has 0 saturated carbocycles. The maximum atomic E-state index is 11.8. The van der Waals surface area contributed by atoms with Gasteiger partial charge in [-0.3, -0.25) is 14.2 Å². The fraction of sp³-hybridized carbons (Fsp3) is 0.667. The number of nitrogens with one attached hydrogen (secondary N) is 1. The van der Waals surface area contributed by atoms with Crippen LogP contribution in [0.25, 0.3) is 0 Å². The first-order valence-electron chi connectivity index (χ1n) is 6.81. The molecule has 2 heterocycles. The molecule has 8 nitrogen and oxygen atoms in total. The molecule has 1 aliphatic rings.